The summed E-state index contributed by atoms with van der Waals surface area (Å²) in [6, 6.07) is 11.5. The average molecular weight is 218 g/mol. The van der Waals surface area contributed by atoms with Crippen LogP contribution in [0.15, 0.2) is 30.3 Å². The number of nitrogens with one attached hydrogen (secondary N) is 1. The molecule has 1 aliphatic rings. The van der Waals surface area contributed by atoms with Crippen LogP contribution in [0.25, 0.3) is 0 Å². The summed E-state index contributed by atoms with van der Waals surface area (Å²) < 4.78 is 0. The van der Waals surface area contributed by atoms with E-state index in [1.807, 2.05) is 0 Å². The summed E-state index contributed by atoms with van der Waals surface area (Å²) in [7, 11) is 2.25. The van der Waals surface area contributed by atoms with Crippen LogP contribution in [0.2, 0.25) is 0 Å². The van der Waals surface area contributed by atoms with Crippen LogP contribution in [0, 0.1) is 0 Å². The summed E-state index contributed by atoms with van der Waals surface area (Å²) in [5, 5.41) is 3.47. The fourth-order valence-electron chi connectivity index (χ4n) is 2.34. The van der Waals surface area contributed by atoms with Gasteiger partial charge >= 0.3 is 0 Å². The Morgan fingerprint density at radius 3 is 2.81 bits per heavy atom. The van der Waals surface area contributed by atoms with Crippen molar-refractivity contribution in [1.29, 1.82) is 0 Å². The maximum atomic E-state index is 3.47. The van der Waals surface area contributed by atoms with Crippen LogP contribution in [0.3, 0.4) is 0 Å². The highest BCUT2D eigenvalue weighted by Gasteiger charge is 2.16. The Morgan fingerprint density at radius 2 is 2.12 bits per heavy atom. The summed E-state index contributed by atoms with van der Waals surface area (Å²) in [6.45, 7) is 3.52. The predicted molar refractivity (Wildman–Crippen MR) is 68.7 cm³/mol. The van der Waals surface area contributed by atoms with Gasteiger partial charge in [-0.2, -0.15) is 0 Å². The summed E-state index contributed by atoms with van der Waals surface area (Å²) in [4.78, 5) is 2.50. The van der Waals surface area contributed by atoms with Gasteiger partial charge in [0.2, 0.25) is 0 Å². The van der Waals surface area contributed by atoms with E-state index >= 15 is 0 Å². The van der Waals surface area contributed by atoms with Crippen molar-refractivity contribution in [3.05, 3.63) is 35.9 Å². The molecule has 0 bridgehead atoms. The summed E-state index contributed by atoms with van der Waals surface area (Å²) in [5.41, 5.74) is 1.44. The van der Waals surface area contributed by atoms with Crippen molar-refractivity contribution in [2.45, 2.75) is 25.3 Å². The Morgan fingerprint density at radius 1 is 1.31 bits per heavy atom. The van der Waals surface area contributed by atoms with Crippen LogP contribution in [0.4, 0.5) is 0 Å². The second-order valence-electron chi connectivity index (χ2n) is 4.72. The standard InChI is InChI=1S/C14H22N2/c1-16(14-8-5-10-15-12-14)11-9-13-6-3-2-4-7-13/h2-4,6-7,14-15H,5,8-12H2,1H3/t14-/m0/s1. The fraction of sp³-hybridized carbons (Fsp3) is 0.571. The van der Waals surface area contributed by atoms with Gasteiger partial charge in [0, 0.05) is 19.1 Å². The first kappa shape index (κ1) is 11.6. The zero-order valence-corrected chi connectivity index (χ0v) is 10.2. The lowest BCUT2D eigenvalue weighted by molar-refractivity contribution is 0.205. The molecule has 1 fully saturated rings. The number of hydrogen-bond donors (Lipinski definition) is 1. The zero-order valence-electron chi connectivity index (χ0n) is 10.2. The molecule has 1 heterocycles. The lowest BCUT2D eigenvalue weighted by Gasteiger charge is -2.31. The van der Waals surface area contributed by atoms with E-state index < -0.39 is 0 Å². The molecule has 0 amide bonds. The quantitative estimate of drug-likeness (QED) is 0.830. The minimum Gasteiger partial charge on any atom is -0.315 e. The van der Waals surface area contributed by atoms with Gasteiger partial charge in [-0.15, -0.1) is 0 Å². The minimum absolute atomic E-state index is 0.734. The molecule has 1 N–H and O–H groups in total. The van der Waals surface area contributed by atoms with Crippen LogP contribution >= 0.6 is 0 Å². The number of piperidine rings is 1. The Bertz CT molecular complexity index is 291. The van der Waals surface area contributed by atoms with Gasteiger partial charge in [-0.05, 0) is 38.4 Å². The van der Waals surface area contributed by atoms with E-state index in [-0.39, 0.29) is 0 Å². The number of rotatable bonds is 4. The molecule has 0 saturated carbocycles. The molecule has 0 spiro atoms. The van der Waals surface area contributed by atoms with Crippen LogP contribution in [0.1, 0.15) is 18.4 Å². The first-order valence-corrected chi connectivity index (χ1v) is 6.31. The minimum atomic E-state index is 0.734. The first-order valence-electron chi connectivity index (χ1n) is 6.31. The van der Waals surface area contributed by atoms with Gasteiger partial charge in [0.25, 0.3) is 0 Å². The maximum Gasteiger partial charge on any atom is 0.0218 e. The Hall–Kier alpha value is -0.860. The molecule has 1 aliphatic heterocycles. The highest BCUT2D eigenvalue weighted by atomic mass is 15.2. The van der Waals surface area contributed by atoms with Gasteiger partial charge < -0.3 is 10.2 Å². The molecule has 2 heteroatoms. The van der Waals surface area contributed by atoms with Gasteiger partial charge in [0.05, 0.1) is 0 Å². The van der Waals surface area contributed by atoms with Crippen molar-refractivity contribution >= 4 is 0 Å². The second-order valence-corrected chi connectivity index (χ2v) is 4.72. The first-order chi connectivity index (χ1) is 7.86. The van der Waals surface area contributed by atoms with Crippen molar-refractivity contribution in [1.82, 2.24) is 10.2 Å². The van der Waals surface area contributed by atoms with Crippen molar-refractivity contribution < 1.29 is 0 Å². The smallest absolute Gasteiger partial charge is 0.0218 e. The fourth-order valence-corrected chi connectivity index (χ4v) is 2.34. The van der Waals surface area contributed by atoms with E-state index in [4.69, 9.17) is 0 Å². The Labute approximate surface area is 98.7 Å². The maximum absolute atomic E-state index is 3.47. The third-order valence-corrected chi connectivity index (χ3v) is 3.49. The van der Waals surface area contributed by atoms with Gasteiger partial charge in [-0.3, -0.25) is 0 Å². The van der Waals surface area contributed by atoms with Crippen molar-refractivity contribution in [2.75, 3.05) is 26.7 Å². The lowest BCUT2D eigenvalue weighted by Crippen LogP contribution is -2.44. The van der Waals surface area contributed by atoms with Crippen LogP contribution < -0.4 is 5.32 Å². The van der Waals surface area contributed by atoms with E-state index in [0.29, 0.717) is 0 Å². The molecule has 2 nitrogen and oxygen atoms in total. The average Bonchev–Trinajstić information content (AvgIpc) is 2.38. The van der Waals surface area contributed by atoms with Crippen LogP contribution in [-0.4, -0.2) is 37.6 Å². The van der Waals surface area contributed by atoms with Crippen LogP contribution in [-0.2, 0) is 6.42 Å². The second kappa shape index (κ2) is 6.02. The number of hydrogen-bond acceptors (Lipinski definition) is 2. The highest BCUT2D eigenvalue weighted by molar-refractivity contribution is 5.14. The van der Waals surface area contributed by atoms with Gasteiger partial charge in [0.1, 0.15) is 0 Å². The number of benzene rings is 1. The molecular formula is C14H22N2. The van der Waals surface area contributed by atoms with E-state index in [1.54, 1.807) is 0 Å². The summed E-state index contributed by atoms with van der Waals surface area (Å²) in [6.07, 6.45) is 3.83. The molecule has 2 rings (SSSR count). The van der Waals surface area contributed by atoms with E-state index in [1.165, 1.54) is 24.9 Å². The zero-order chi connectivity index (χ0) is 11.2. The van der Waals surface area contributed by atoms with Gasteiger partial charge in [0.15, 0.2) is 0 Å². The van der Waals surface area contributed by atoms with Gasteiger partial charge in [-0.1, -0.05) is 30.3 Å². The molecule has 16 heavy (non-hydrogen) atoms. The lowest BCUT2D eigenvalue weighted by atomic mass is 10.1. The van der Waals surface area contributed by atoms with E-state index in [9.17, 15) is 0 Å². The largest absolute Gasteiger partial charge is 0.315 e. The normalized spacial score (nSPS) is 21.2. The highest BCUT2D eigenvalue weighted by Crippen LogP contribution is 2.09. The molecule has 0 radical (unpaired) electrons. The molecule has 1 atom stereocenters. The molecule has 0 aromatic heterocycles. The molecule has 1 aromatic rings. The molecule has 1 aromatic carbocycles. The number of nitrogens with zero attached hydrogens (tertiary/aromatic N) is 1. The van der Waals surface area contributed by atoms with Crippen molar-refractivity contribution in [3.8, 4) is 0 Å². The predicted octanol–water partition coefficient (Wildman–Crippen LogP) is 1.91. The molecule has 88 valence electrons. The molecule has 0 unspecified atom stereocenters. The van der Waals surface area contributed by atoms with Gasteiger partial charge in [-0.25, -0.2) is 0 Å². The Balaban J connectivity index is 1.76. The monoisotopic (exact) mass is 218 g/mol. The van der Waals surface area contributed by atoms with E-state index in [0.717, 1.165) is 25.6 Å². The third kappa shape index (κ3) is 3.32. The third-order valence-electron chi connectivity index (χ3n) is 3.49. The van der Waals surface area contributed by atoms with Crippen molar-refractivity contribution in [2.24, 2.45) is 0 Å². The summed E-state index contributed by atoms with van der Waals surface area (Å²) >= 11 is 0. The topological polar surface area (TPSA) is 15.3 Å². The van der Waals surface area contributed by atoms with E-state index in [2.05, 4.69) is 47.6 Å². The SMILES string of the molecule is CN(CCc1ccccc1)[C@H]1CCCNC1. The number of likely N-dealkylation sites (N-methyl/N-ethyl adjacent to an activating group) is 1. The molecule has 1 saturated heterocycles. The Kier molecular flexibility index (Phi) is 4.37. The molecular weight excluding hydrogens is 196 g/mol. The molecule has 0 aliphatic carbocycles. The van der Waals surface area contributed by atoms with Crippen molar-refractivity contribution in [3.63, 3.8) is 0 Å². The summed E-state index contributed by atoms with van der Waals surface area (Å²) in [5.74, 6) is 0. The van der Waals surface area contributed by atoms with Crippen LogP contribution in [0.5, 0.6) is 0 Å².